The van der Waals surface area contributed by atoms with Gasteiger partial charge in [0.15, 0.2) is 11.5 Å². The maximum absolute atomic E-state index is 12.9. The first kappa shape index (κ1) is 23.0. The Morgan fingerprint density at radius 1 is 1.03 bits per heavy atom. The first-order valence-corrected chi connectivity index (χ1v) is 12.6. The van der Waals surface area contributed by atoms with Crippen LogP contribution in [-0.4, -0.2) is 69.9 Å². The van der Waals surface area contributed by atoms with Crippen LogP contribution in [0.25, 0.3) is 0 Å². The Morgan fingerprint density at radius 2 is 1.75 bits per heavy atom. The molecular weight excluding hydrogens is 477 g/mol. The van der Waals surface area contributed by atoms with Gasteiger partial charge in [0.2, 0.25) is 22.7 Å². The molecule has 11 heteroatoms. The van der Waals surface area contributed by atoms with Crippen LogP contribution in [0.1, 0.15) is 5.56 Å². The number of fused-ring (bicyclic) bond motifs is 1. The number of nitrogens with zero attached hydrogens (tertiary/aromatic N) is 3. The van der Waals surface area contributed by atoms with E-state index in [1.54, 1.807) is 11.0 Å². The predicted octanol–water partition coefficient (Wildman–Crippen LogP) is 2.83. The zero-order valence-electron chi connectivity index (χ0n) is 17.5. The Morgan fingerprint density at radius 3 is 2.44 bits per heavy atom. The first-order valence-electron chi connectivity index (χ1n) is 10.0. The molecule has 0 radical (unpaired) electrons. The van der Waals surface area contributed by atoms with Crippen molar-refractivity contribution in [3.63, 3.8) is 0 Å². The van der Waals surface area contributed by atoms with Crippen LogP contribution in [-0.2, 0) is 21.4 Å². The summed E-state index contributed by atoms with van der Waals surface area (Å²) < 4.78 is 36.5. The minimum atomic E-state index is -3.72. The van der Waals surface area contributed by atoms with Crippen LogP contribution in [0.4, 0.5) is 5.69 Å². The van der Waals surface area contributed by atoms with E-state index in [0.29, 0.717) is 31.2 Å². The topological polar surface area (TPSA) is 79.4 Å². The zero-order chi connectivity index (χ0) is 22.9. The molecule has 0 saturated carbocycles. The largest absolute Gasteiger partial charge is 0.454 e. The number of carbonyl (C=O) groups is 1. The number of sulfonamides is 1. The number of benzene rings is 2. The van der Waals surface area contributed by atoms with Gasteiger partial charge < -0.3 is 14.4 Å². The minimum Gasteiger partial charge on any atom is -0.454 e. The van der Waals surface area contributed by atoms with Crippen molar-refractivity contribution in [2.75, 3.05) is 50.1 Å². The lowest BCUT2D eigenvalue weighted by Crippen LogP contribution is -2.51. The fraction of sp³-hybridized carbons (Fsp3) is 0.381. The molecule has 0 N–H and O–H groups in total. The molecule has 2 heterocycles. The van der Waals surface area contributed by atoms with Gasteiger partial charge >= 0.3 is 0 Å². The van der Waals surface area contributed by atoms with Crippen molar-refractivity contribution >= 4 is 44.8 Å². The lowest BCUT2D eigenvalue weighted by atomic mass is 10.1. The lowest BCUT2D eigenvalue weighted by molar-refractivity contribution is -0.131. The van der Waals surface area contributed by atoms with Gasteiger partial charge in [-0.05, 0) is 35.9 Å². The second kappa shape index (κ2) is 9.35. The molecule has 1 fully saturated rings. The number of halogens is 2. The van der Waals surface area contributed by atoms with Gasteiger partial charge in [-0.1, -0.05) is 29.3 Å². The van der Waals surface area contributed by atoms with Gasteiger partial charge in [0.25, 0.3) is 0 Å². The second-order valence-corrected chi connectivity index (χ2v) is 10.5. The number of hydrogen-bond acceptors (Lipinski definition) is 6. The number of amides is 1. The summed E-state index contributed by atoms with van der Waals surface area (Å²) in [5.74, 6) is 1.22. The van der Waals surface area contributed by atoms with Crippen molar-refractivity contribution in [1.82, 2.24) is 9.80 Å². The molecule has 2 aromatic carbocycles. The van der Waals surface area contributed by atoms with Crippen molar-refractivity contribution < 1.29 is 22.7 Å². The highest BCUT2D eigenvalue weighted by Crippen LogP contribution is 2.33. The highest BCUT2D eigenvalue weighted by Gasteiger charge is 2.28. The average molecular weight is 500 g/mol. The molecule has 2 aromatic rings. The molecule has 0 bridgehead atoms. The number of anilines is 1. The fourth-order valence-corrected chi connectivity index (χ4v) is 5.16. The Bertz CT molecular complexity index is 1120. The molecule has 2 aliphatic rings. The van der Waals surface area contributed by atoms with Crippen LogP contribution < -0.4 is 13.8 Å². The lowest BCUT2D eigenvalue weighted by Gasteiger charge is -2.36. The summed E-state index contributed by atoms with van der Waals surface area (Å²) >= 11 is 12.1. The van der Waals surface area contributed by atoms with Gasteiger partial charge in [0.1, 0.15) is 6.54 Å². The van der Waals surface area contributed by atoms with Crippen molar-refractivity contribution in [3.8, 4) is 11.5 Å². The van der Waals surface area contributed by atoms with Crippen molar-refractivity contribution in [3.05, 3.63) is 52.0 Å². The molecule has 0 atom stereocenters. The van der Waals surface area contributed by atoms with Gasteiger partial charge in [0, 0.05) is 37.7 Å². The van der Waals surface area contributed by atoms with Gasteiger partial charge in [-0.25, -0.2) is 8.42 Å². The maximum Gasteiger partial charge on any atom is 0.243 e. The summed E-state index contributed by atoms with van der Waals surface area (Å²) in [6, 6.07) is 10.4. The van der Waals surface area contributed by atoms with Gasteiger partial charge in [-0.3, -0.25) is 14.0 Å². The van der Waals surface area contributed by atoms with Gasteiger partial charge in [0.05, 0.1) is 17.0 Å². The molecule has 8 nitrogen and oxygen atoms in total. The van der Waals surface area contributed by atoms with E-state index in [9.17, 15) is 13.2 Å². The molecule has 1 amide bonds. The third-order valence-corrected chi connectivity index (χ3v) is 7.09. The number of ether oxygens (including phenoxy) is 2. The predicted molar refractivity (Wildman–Crippen MR) is 123 cm³/mol. The van der Waals surface area contributed by atoms with E-state index in [4.69, 9.17) is 32.7 Å². The molecule has 0 spiro atoms. The Hall–Kier alpha value is -2.20. The van der Waals surface area contributed by atoms with Crippen LogP contribution >= 0.6 is 23.2 Å². The number of hydrogen-bond donors (Lipinski definition) is 0. The summed E-state index contributed by atoms with van der Waals surface area (Å²) in [6.07, 6.45) is 1.05. The van der Waals surface area contributed by atoms with Crippen LogP contribution in [0.5, 0.6) is 11.5 Å². The van der Waals surface area contributed by atoms with Crippen LogP contribution in [0, 0.1) is 0 Å². The molecule has 2 aliphatic heterocycles. The highest BCUT2D eigenvalue weighted by atomic mass is 35.5. The first-order chi connectivity index (χ1) is 15.2. The normalized spacial score (nSPS) is 16.3. The van der Waals surface area contributed by atoms with Gasteiger partial charge in [-0.15, -0.1) is 0 Å². The molecule has 4 rings (SSSR count). The summed E-state index contributed by atoms with van der Waals surface area (Å²) in [5, 5.41) is 0.557. The SMILES string of the molecule is CS(=O)(=O)N(CC(=O)N1CCN(Cc2ccc3c(c2)OCO3)CC1)c1ccc(Cl)cc1Cl. The molecule has 0 unspecified atom stereocenters. The number of piperazine rings is 1. The summed E-state index contributed by atoms with van der Waals surface area (Å²) in [5.41, 5.74) is 1.34. The van der Waals surface area contributed by atoms with Crippen molar-refractivity contribution in [1.29, 1.82) is 0 Å². The molecule has 0 aromatic heterocycles. The zero-order valence-corrected chi connectivity index (χ0v) is 19.8. The quantitative estimate of drug-likeness (QED) is 0.607. The Labute approximate surface area is 197 Å². The summed E-state index contributed by atoms with van der Waals surface area (Å²) in [6.45, 7) is 3.04. The van der Waals surface area contributed by atoms with E-state index in [2.05, 4.69) is 4.90 Å². The highest BCUT2D eigenvalue weighted by molar-refractivity contribution is 7.92. The van der Waals surface area contributed by atoms with E-state index >= 15 is 0 Å². The third-order valence-electron chi connectivity index (χ3n) is 5.43. The molecular formula is C21H23Cl2N3O5S. The standard InChI is InChI=1S/C21H23Cl2N3O5S/c1-32(28,29)26(18-4-3-16(22)11-17(18)23)13-21(27)25-8-6-24(7-9-25)12-15-2-5-19-20(10-15)31-14-30-19/h2-5,10-11H,6-9,12-14H2,1H3. The number of carbonyl (C=O) groups excluding carboxylic acids is 1. The van der Waals surface area contributed by atoms with Crippen LogP contribution in [0.2, 0.25) is 10.0 Å². The summed E-state index contributed by atoms with van der Waals surface area (Å²) in [7, 11) is -3.72. The van der Waals surface area contributed by atoms with E-state index in [0.717, 1.165) is 34.2 Å². The van der Waals surface area contributed by atoms with Crippen molar-refractivity contribution in [2.45, 2.75) is 6.54 Å². The molecule has 0 aliphatic carbocycles. The van der Waals surface area contributed by atoms with E-state index in [-0.39, 0.29) is 30.0 Å². The monoisotopic (exact) mass is 499 g/mol. The van der Waals surface area contributed by atoms with Crippen molar-refractivity contribution in [2.24, 2.45) is 0 Å². The molecule has 172 valence electrons. The maximum atomic E-state index is 12.9. The fourth-order valence-electron chi connectivity index (χ4n) is 3.74. The third kappa shape index (κ3) is 5.23. The minimum absolute atomic E-state index is 0.171. The Balaban J connectivity index is 1.37. The average Bonchev–Trinajstić information content (AvgIpc) is 3.20. The Kier molecular flexibility index (Phi) is 6.71. The van der Waals surface area contributed by atoms with E-state index < -0.39 is 10.0 Å². The van der Waals surface area contributed by atoms with E-state index in [1.165, 1.54) is 12.1 Å². The molecule has 1 saturated heterocycles. The smallest absolute Gasteiger partial charge is 0.243 e. The van der Waals surface area contributed by atoms with E-state index in [1.807, 2.05) is 18.2 Å². The molecule has 32 heavy (non-hydrogen) atoms. The van der Waals surface area contributed by atoms with Crippen LogP contribution in [0.15, 0.2) is 36.4 Å². The summed E-state index contributed by atoms with van der Waals surface area (Å²) in [4.78, 5) is 16.8. The van der Waals surface area contributed by atoms with Gasteiger partial charge in [-0.2, -0.15) is 0 Å². The number of rotatable bonds is 6. The second-order valence-electron chi connectivity index (χ2n) is 7.71. The van der Waals surface area contributed by atoms with Crippen LogP contribution in [0.3, 0.4) is 0 Å².